The zero-order valence-electron chi connectivity index (χ0n) is 18.2. The largest absolute Gasteiger partial charge is 0.454 e. The lowest BCUT2D eigenvalue weighted by molar-refractivity contribution is 0.174. The Labute approximate surface area is 186 Å². The Kier molecular flexibility index (Phi) is 4.82. The predicted octanol–water partition coefficient (Wildman–Crippen LogP) is 6.36. The summed E-state index contributed by atoms with van der Waals surface area (Å²) in [6.07, 6.45) is 0.801. The normalized spacial score (nSPS) is 13.0. The molecule has 0 saturated heterocycles. The summed E-state index contributed by atoms with van der Waals surface area (Å²) in [5.41, 5.74) is 5.18. The van der Waals surface area contributed by atoms with Gasteiger partial charge in [-0.1, -0.05) is 45.0 Å². The number of para-hydroxylation sites is 1. The molecule has 6 heteroatoms. The fourth-order valence-corrected chi connectivity index (χ4v) is 5.03. The van der Waals surface area contributed by atoms with Gasteiger partial charge in [-0.25, -0.2) is 4.98 Å². The van der Waals surface area contributed by atoms with Crippen LogP contribution in [0, 0.1) is 6.92 Å². The van der Waals surface area contributed by atoms with Crippen LogP contribution < -0.4 is 14.8 Å². The highest BCUT2D eigenvalue weighted by Gasteiger charge is 2.24. The molecule has 31 heavy (non-hydrogen) atoms. The van der Waals surface area contributed by atoms with Gasteiger partial charge >= 0.3 is 0 Å². The van der Waals surface area contributed by atoms with Gasteiger partial charge in [-0.3, -0.25) is 4.98 Å². The van der Waals surface area contributed by atoms with E-state index in [0.29, 0.717) is 6.79 Å². The van der Waals surface area contributed by atoms with Crippen LogP contribution in [-0.2, 0) is 11.8 Å². The van der Waals surface area contributed by atoms with E-state index in [1.54, 1.807) is 11.3 Å². The lowest BCUT2D eigenvalue weighted by atomic mass is 9.90. The molecule has 0 radical (unpaired) electrons. The van der Waals surface area contributed by atoms with Crippen LogP contribution in [0.15, 0.2) is 48.5 Å². The number of nitrogens with one attached hydrogen (secondary N) is 1. The molecule has 2 aromatic heterocycles. The molecule has 1 aliphatic rings. The molecule has 1 aliphatic heterocycles. The van der Waals surface area contributed by atoms with E-state index in [9.17, 15) is 0 Å². The van der Waals surface area contributed by atoms with Crippen molar-refractivity contribution in [3.8, 4) is 11.5 Å². The summed E-state index contributed by atoms with van der Waals surface area (Å²) in [7, 11) is 0. The highest BCUT2D eigenvalue weighted by atomic mass is 32.1. The molecule has 5 nitrogen and oxygen atoms in total. The molecule has 5 rings (SSSR count). The summed E-state index contributed by atoms with van der Waals surface area (Å²) in [6.45, 7) is 8.92. The molecule has 0 fully saturated rings. The van der Waals surface area contributed by atoms with E-state index in [0.717, 1.165) is 51.0 Å². The molecular formula is C25H25N3O2S. The Balaban J connectivity index is 1.50. The van der Waals surface area contributed by atoms with Gasteiger partial charge in [0.25, 0.3) is 0 Å². The summed E-state index contributed by atoms with van der Waals surface area (Å²) >= 11 is 1.70. The maximum absolute atomic E-state index is 5.56. The summed E-state index contributed by atoms with van der Waals surface area (Å²) in [5.74, 6) is 1.63. The summed E-state index contributed by atoms with van der Waals surface area (Å²) in [4.78, 5) is 11.0. The Morgan fingerprint density at radius 1 is 1.00 bits per heavy atom. The van der Waals surface area contributed by atoms with Crippen LogP contribution >= 0.6 is 11.3 Å². The zero-order chi connectivity index (χ0) is 21.6. The minimum Gasteiger partial charge on any atom is -0.454 e. The van der Waals surface area contributed by atoms with Crippen LogP contribution in [0.4, 0.5) is 10.8 Å². The van der Waals surface area contributed by atoms with Crippen LogP contribution in [0.5, 0.6) is 11.5 Å². The fraction of sp³-hybridized carbons (Fsp3) is 0.280. The molecule has 1 N–H and O–H groups in total. The van der Waals surface area contributed by atoms with E-state index in [-0.39, 0.29) is 5.41 Å². The van der Waals surface area contributed by atoms with Gasteiger partial charge in [-0.05, 0) is 36.8 Å². The lowest BCUT2D eigenvalue weighted by Crippen LogP contribution is -2.14. The van der Waals surface area contributed by atoms with Gasteiger partial charge in [-0.15, -0.1) is 11.3 Å². The smallest absolute Gasteiger partial charge is 0.231 e. The number of nitrogens with zero attached hydrogens (tertiary/aromatic N) is 2. The number of aromatic nitrogens is 2. The first kappa shape index (κ1) is 19.8. The van der Waals surface area contributed by atoms with Crippen LogP contribution in [0.25, 0.3) is 10.9 Å². The van der Waals surface area contributed by atoms with Gasteiger partial charge in [-0.2, -0.15) is 0 Å². The average Bonchev–Trinajstić information content (AvgIpc) is 3.35. The van der Waals surface area contributed by atoms with Crippen molar-refractivity contribution in [2.24, 2.45) is 0 Å². The molecule has 2 aromatic carbocycles. The highest BCUT2D eigenvalue weighted by Crippen LogP contribution is 2.38. The van der Waals surface area contributed by atoms with E-state index < -0.39 is 0 Å². The number of hydrogen-bond acceptors (Lipinski definition) is 6. The van der Waals surface area contributed by atoms with Crippen molar-refractivity contribution in [3.63, 3.8) is 0 Å². The van der Waals surface area contributed by atoms with Crippen molar-refractivity contribution in [2.45, 2.75) is 39.5 Å². The maximum Gasteiger partial charge on any atom is 0.231 e. The molecular weight excluding hydrogens is 406 g/mol. The number of hydrogen-bond donors (Lipinski definition) is 1. The molecule has 0 amide bonds. The second-order valence-corrected chi connectivity index (χ2v) is 9.94. The van der Waals surface area contributed by atoms with Gasteiger partial charge in [0.1, 0.15) is 0 Å². The number of ether oxygens (including phenoxy) is 2. The fourth-order valence-electron chi connectivity index (χ4n) is 3.81. The Morgan fingerprint density at radius 2 is 1.84 bits per heavy atom. The SMILES string of the molecule is Cc1ccc2cccc(Nc3nc(C(C)(C)C)c(Cc4ccc5c(c4)OCO5)s3)c2n1. The van der Waals surface area contributed by atoms with Crippen molar-refractivity contribution >= 4 is 33.1 Å². The first-order valence-corrected chi connectivity index (χ1v) is 11.2. The minimum absolute atomic E-state index is 0.0598. The summed E-state index contributed by atoms with van der Waals surface area (Å²) in [5, 5.41) is 5.53. The van der Waals surface area contributed by atoms with Crippen molar-refractivity contribution in [2.75, 3.05) is 12.1 Å². The number of benzene rings is 2. The van der Waals surface area contributed by atoms with Crippen molar-refractivity contribution in [1.82, 2.24) is 9.97 Å². The average molecular weight is 432 g/mol. The number of rotatable bonds is 4. The van der Waals surface area contributed by atoms with Crippen molar-refractivity contribution in [1.29, 1.82) is 0 Å². The van der Waals surface area contributed by atoms with Gasteiger partial charge in [0, 0.05) is 27.8 Å². The molecule has 158 valence electrons. The molecule has 0 bridgehead atoms. The van der Waals surface area contributed by atoms with Crippen molar-refractivity contribution in [3.05, 3.63) is 70.4 Å². The summed E-state index contributed by atoms with van der Waals surface area (Å²) < 4.78 is 11.0. The quantitative estimate of drug-likeness (QED) is 0.407. The van der Waals surface area contributed by atoms with Crippen LogP contribution in [0.2, 0.25) is 0 Å². The monoisotopic (exact) mass is 431 g/mol. The number of aryl methyl sites for hydroxylation is 1. The zero-order valence-corrected chi connectivity index (χ0v) is 19.0. The lowest BCUT2D eigenvalue weighted by Gasteiger charge is -2.17. The van der Waals surface area contributed by atoms with Crippen LogP contribution in [0.3, 0.4) is 0 Å². The second-order valence-electron chi connectivity index (χ2n) is 8.86. The predicted molar refractivity (Wildman–Crippen MR) is 126 cm³/mol. The molecule has 0 spiro atoms. The van der Waals surface area contributed by atoms with Crippen molar-refractivity contribution < 1.29 is 9.47 Å². The van der Waals surface area contributed by atoms with E-state index in [4.69, 9.17) is 19.4 Å². The molecule has 0 saturated carbocycles. The van der Waals surface area contributed by atoms with Gasteiger partial charge in [0.05, 0.1) is 16.9 Å². The van der Waals surface area contributed by atoms with E-state index >= 15 is 0 Å². The Morgan fingerprint density at radius 3 is 2.68 bits per heavy atom. The third kappa shape index (κ3) is 3.95. The number of pyridine rings is 1. The topological polar surface area (TPSA) is 56.3 Å². The van der Waals surface area contributed by atoms with E-state index in [1.165, 1.54) is 10.4 Å². The van der Waals surface area contributed by atoms with Crippen LogP contribution in [0.1, 0.15) is 42.6 Å². The molecule has 4 aromatic rings. The highest BCUT2D eigenvalue weighted by molar-refractivity contribution is 7.15. The maximum atomic E-state index is 5.56. The molecule has 0 aliphatic carbocycles. The minimum atomic E-state index is -0.0598. The standard InChI is InChI=1S/C25H25N3O2S/c1-15-8-10-17-6-5-7-18(22(17)26-15)27-24-28-23(25(2,3)4)21(31-24)13-16-9-11-19-20(12-16)30-14-29-19/h5-12H,13-14H2,1-4H3,(H,27,28). The van der Waals surface area contributed by atoms with Gasteiger partial charge < -0.3 is 14.8 Å². The number of fused-ring (bicyclic) bond motifs is 2. The molecule has 0 unspecified atom stereocenters. The third-order valence-electron chi connectivity index (χ3n) is 5.31. The van der Waals surface area contributed by atoms with E-state index in [2.05, 4.69) is 56.4 Å². The molecule has 0 atom stereocenters. The first-order chi connectivity index (χ1) is 14.9. The molecule has 3 heterocycles. The summed E-state index contributed by atoms with van der Waals surface area (Å²) in [6, 6.07) is 16.5. The first-order valence-electron chi connectivity index (χ1n) is 10.4. The third-order valence-corrected chi connectivity index (χ3v) is 6.28. The Bertz CT molecular complexity index is 1270. The van der Waals surface area contributed by atoms with Crippen LogP contribution in [-0.4, -0.2) is 16.8 Å². The van der Waals surface area contributed by atoms with Gasteiger partial charge in [0.2, 0.25) is 6.79 Å². The number of thiazole rings is 1. The Hall–Kier alpha value is -3.12. The number of anilines is 2. The van der Waals surface area contributed by atoms with E-state index in [1.807, 2.05) is 25.1 Å². The second kappa shape index (κ2) is 7.54. The van der Waals surface area contributed by atoms with Gasteiger partial charge in [0.15, 0.2) is 16.6 Å².